The van der Waals surface area contributed by atoms with E-state index in [1.807, 2.05) is 0 Å². The molecular formula is C18H21ClN2. The molecule has 21 heavy (non-hydrogen) atoms. The van der Waals surface area contributed by atoms with Crippen LogP contribution < -0.4 is 0 Å². The molecule has 0 N–H and O–H groups in total. The van der Waals surface area contributed by atoms with Crippen LogP contribution in [0.4, 0.5) is 0 Å². The van der Waals surface area contributed by atoms with Crippen molar-refractivity contribution in [2.45, 2.75) is 32.6 Å². The number of halogens is 1. The molecule has 3 rings (SSSR count). The summed E-state index contributed by atoms with van der Waals surface area (Å²) in [6.45, 7) is 2.24. The second kappa shape index (κ2) is 7.28. The quantitative estimate of drug-likeness (QED) is 0.594. The van der Waals surface area contributed by atoms with Crippen LogP contribution in [-0.4, -0.2) is 9.55 Å². The molecule has 1 heterocycles. The van der Waals surface area contributed by atoms with E-state index >= 15 is 0 Å². The number of aromatic nitrogens is 2. The third-order valence-electron chi connectivity index (χ3n) is 3.65. The van der Waals surface area contributed by atoms with Gasteiger partial charge < -0.3 is 0 Å². The summed E-state index contributed by atoms with van der Waals surface area (Å²) in [5, 5.41) is 0. The molecule has 110 valence electrons. The third-order valence-corrected chi connectivity index (χ3v) is 3.65. The molecule has 1 aromatic heterocycles. The second-order valence-corrected chi connectivity index (χ2v) is 5.14. The third kappa shape index (κ3) is 3.27. The predicted molar refractivity (Wildman–Crippen MR) is 91.5 cm³/mol. The van der Waals surface area contributed by atoms with Gasteiger partial charge in [-0.1, -0.05) is 50.1 Å². The van der Waals surface area contributed by atoms with Gasteiger partial charge in [0.25, 0.3) is 0 Å². The molecule has 3 aromatic rings. The molecular weight excluding hydrogens is 280 g/mol. The molecule has 0 atom stereocenters. The standard InChI is InChI=1S/C18H20N2.ClH/c1-2-3-5-14-18-19-16-12-8-9-13-17(16)20(18)15-10-6-4-7-11-15;/h4,6-13H,2-3,5,14H2,1H3;1H. The van der Waals surface area contributed by atoms with E-state index in [2.05, 4.69) is 66.1 Å². The number of aryl methyl sites for hydroxylation is 1. The molecule has 0 aliphatic heterocycles. The van der Waals surface area contributed by atoms with Gasteiger partial charge >= 0.3 is 0 Å². The van der Waals surface area contributed by atoms with E-state index in [9.17, 15) is 0 Å². The summed E-state index contributed by atoms with van der Waals surface area (Å²) in [5.41, 5.74) is 3.49. The van der Waals surface area contributed by atoms with Crippen LogP contribution in [0.1, 0.15) is 32.0 Å². The largest absolute Gasteiger partial charge is 0.296 e. The average molecular weight is 301 g/mol. The normalized spacial score (nSPS) is 10.5. The van der Waals surface area contributed by atoms with Crippen LogP contribution in [-0.2, 0) is 6.42 Å². The highest BCUT2D eigenvalue weighted by molar-refractivity contribution is 5.85. The smallest absolute Gasteiger partial charge is 0.114 e. The number of rotatable bonds is 5. The summed E-state index contributed by atoms with van der Waals surface area (Å²) < 4.78 is 2.30. The van der Waals surface area contributed by atoms with Crippen molar-refractivity contribution in [2.75, 3.05) is 0 Å². The number of benzene rings is 2. The van der Waals surface area contributed by atoms with Crippen molar-refractivity contribution in [3.05, 3.63) is 60.4 Å². The lowest BCUT2D eigenvalue weighted by Gasteiger charge is -2.09. The molecule has 0 saturated heterocycles. The second-order valence-electron chi connectivity index (χ2n) is 5.14. The van der Waals surface area contributed by atoms with Crippen molar-refractivity contribution < 1.29 is 0 Å². The van der Waals surface area contributed by atoms with E-state index < -0.39 is 0 Å². The first-order chi connectivity index (χ1) is 9.90. The molecule has 0 saturated carbocycles. The van der Waals surface area contributed by atoms with Gasteiger partial charge in [0.15, 0.2) is 0 Å². The predicted octanol–water partition coefficient (Wildman–Crippen LogP) is 5.18. The van der Waals surface area contributed by atoms with E-state index in [0.717, 1.165) is 11.9 Å². The van der Waals surface area contributed by atoms with Gasteiger partial charge in [0.05, 0.1) is 11.0 Å². The van der Waals surface area contributed by atoms with Gasteiger partial charge in [0, 0.05) is 12.1 Å². The molecule has 0 aliphatic rings. The van der Waals surface area contributed by atoms with Crippen molar-refractivity contribution in [3.63, 3.8) is 0 Å². The zero-order valence-corrected chi connectivity index (χ0v) is 13.1. The lowest BCUT2D eigenvalue weighted by atomic mass is 10.2. The van der Waals surface area contributed by atoms with E-state index in [4.69, 9.17) is 4.98 Å². The lowest BCUT2D eigenvalue weighted by Crippen LogP contribution is -2.01. The zero-order valence-electron chi connectivity index (χ0n) is 12.3. The molecule has 2 aromatic carbocycles. The number of unbranched alkanes of at least 4 members (excludes halogenated alkanes) is 2. The summed E-state index contributed by atoms with van der Waals surface area (Å²) in [6, 6.07) is 18.9. The Hall–Kier alpha value is -1.80. The minimum absolute atomic E-state index is 0. The SMILES string of the molecule is CCCCCc1nc2ccccc2n1-c1ccccc1.Cl. The highest BCUT2D eigenvalue weighted by Gasteiger charge is 2.11. The molecule has 0 unspecified atom stereocenters. The lowest BCUT2D eigenvalue weighted by molar-refractivity contribution is 0.689. The Morgan fingerprint density at radius 1 is 0.905 bits per heavy atom. The van der Waals surface area contributed by atoms with Crippen LogP contribution in [0, 0.1) is 0 Å². The van der Waals surface area contributed by atoms with Crippen molar-refractivity contribution in [1.29, 1.82) is 0 Å². The number of nitrogens with zero attached hydrogens (tertiary/aromatic N) is 2. The van der Waals surface area contributed by atoms with Crippen LogP contribution in [0.5, 0.6) is 0 Å². The molecule has 0 bridgehead atoms. The van der Waals surface area contributed by atoms with Crippen molar-refractivity contribution in [2.24, 2.45) is 0 Å². The molecule has 2 nitrogen and oxygen atoms in total. The number of hydrogen-bond acceptors (Lipinski definition) is 1. The summed E-state index contributed by atoms with van der Waals surface area (Å²) in [6.07, 6.45) is 4.74. The van der Waals surface area contributed by atoms with Gasteiger partial charge in [-0.3, -0.25) is 4.57 Å². The first kappa shape index (κ1) is 15.6. The molecule has 0 spiro atoms. The zero-order chi connectivity index (χ0) is 13.8. The molecule has 0 radical (unpaired) electrons. The average Bonchev–Trinajstić information content (AvgIpc) is 2.86. The van der Waals surface area contributed by atoms with Crippen LogP contribution >= 0.6 is 12.4 Å². The fourth-order valence-corrected chi connectivity index (χ4v) is 2.64. The summed E-state index contributed by atoms with van der Waals surface area (Å²) in [4.78, 5) is 4.82. The summed E-state index contributed by atoms with van der Waals surface area (Å²) in [5.74, 6) is 1.17. The van der Waals surface area contributed by atoms with Gasteiger partial charge in [-0.05, 0) is 30.7 Å². The number of para-hydroxylation sites is 3. The molecule has 0 amide bonds. The Morgan fingerprint density at radius 2 is 1.62 bits per heavy atom. The van der Waals surface area contributed by atoms with Gasteiger partial charge in [-0.2, -0.15) is 0 Å². The number of fused-ring (bicyclic) bond motifs is 1. The van der Waals surface area contributed by atoms with Crippen LogP contribution in [0.25, 0.3) is 16.7 Å². The summed E-state index contributed by atoms with van der Waals surface area (Å²) in [7, 11) is 0. The van der Waals surface area contributed by atoms with Gasteiger partial charge in [0.2, 0.25) is 0 Å². The maximum atomic E-state index is 4.82. The minimum Gasteiger partial charge on any atom is -0.296 e. The van der Waals surface area contributed by atoms with Crippen LogP contribution in [0.3, 0.4) is 0 Å². The first-order valence-electron chi connectivity index (χ1n) is 7.42. The maximum Gasteiger partial charge on any atom is 0.114 e. The van der Waals surface area contributed by atoms with Gasteiger partial charge in [-0.25, -0.2) is 4.98 Å². The van der Waals surface area contributed by atoms with E-state index in [1.54, 1.807) is 0 Å². The van der Waals surface area contributed by atoms with E-state index in [-0.39, 0.29) is 12.4 Å². The fourth-order valence-electron chi connectivity index (χ4n) is 2.64. The van der Waals surface area contributed by atoms with Crippen molar-refractivity contribution in [3.8, 4) is 5.69 Å². The summed E-state index contributed by atoms with van der Waals surface area (Å²) >= 11 is 0. The van der Waals surface area contributed by atoms with Crippen LogP contribution in [0.2, 0.25) is 0 Å². The molecule has 0 aliphatic carbocycles. The van der Waals surface area contributed by atoms with Crippen LogP contribution in [0.15, 0.2) is 54.6 Å². The minimum atomic E-state index is 0. The highest BCUT2D eigenvalue weighted by Crippen LogP contribution is 2.22. The highest BCUT2D eigenvalue weighted by atomic mass is 35.5. The first-order valence-corrected chi connectivity index (χ1v) is 7.42. The van der Waals surface area contributed by atoms with E-state index in [1.165, 1.54) is 36.3 Å². The Kier molecular flexibility index (Phi) is 5.40. The Balaban J connectivity index is 0.00000161. The van der Waals surface area contributed by atoms with Crippen molar-refractivity contribution >= 4 is 23.4 Å². The Morgan fingerprint density at radius 3 is 2.38 bits per heavy atom. The monoisotopic (exact) mass is 300 g/mol. The number of hydrogen-bond donors (Lipinski definition) is 0. The Bertz CT molecular complexity index is 689. The van der Waals surface area contributed by atoms with Crippen molar-refractivity contribution in [1.82, 2.24) is 9.55 Å². The van der Waals surface area contributed by atoms with Gasteiger partial charge in [0.1, 0.15) is 5.82 Å². The Labute approximate surface area is 132 Å². The van der Waals surface area contributed by atoms with Gasteiger partial charge in [-0.15, -0.1) is 12.4 Å². The number of imidazole rings is 1. The maximum absolute atomic E-state index is 4.82. The fraction of sp³-hybridized carbons (Fsp3) is 0.278. The molecule has 3 heteroatoms. The molecule has 0 fully saturated rings. The van der Waals surface area contributed by atoms with E-state index in [0.29, 0.717) is 0 Å². The topological polar surface area (TPSA) is 17.8 Å².